The van der Waals surface area contributed by atoms with E-state index < -0.39 is 0 Å². The first-order chi connectivity index (χ1) is 13.1. The SMILES string of the molecule is O=c1c2ccc(Cl)c3c(Cl)ccc(c32)c2nc3cccc4cccc(c43)n12. The number of halogens is 2. The highest BCUT2D eigenvalue weighted by Crippen LogP contribution is 2.38. The maximum absolute atomic E-state index is 13.5. The second-order valence-electron chi connectivity index (χ2n) is 6.67. The van der Waals surface area contributed by atoms with Crippen molar-refractivity contribution in [2.24, 2.45) is 0 Å². The summed E-state index contributed by atoms with van der Waals surface area (Å²) in [5.41, 5.74) is 2.20. The minimum atomic E-state index is -0.118. The summed E-state index contributed by atoms with van der Waals surface area (Å²) < 4.78 is 1.70. The molecule has 27 heavy (non-hydrogen) atoms. The van der Waals surface area contributed by atoms with Crippen LogP contribution in [-0.2, 0) is 0 Å². The Hall–Kier alpha value is -2.88. The van der Waals surface area contributed by atoms with E-state index in [9.17, 15) is 4.79 Å². The van der Waals surface area contributed by atoms with Crippen LogP contribution < -0.4 is 5.56 Å². The quantitative estimate of drug-likeness (QED) is 0.234. The lowest BCUT2D eigenvalue weighted by Gasteiger charge is -2.15. The molecule has 3 nitrogen and oxygen atoms in total. The summed E-state index contributed by atoms with van der Waals surface area (Å²) in [6.45, 7) is 0. The van der Waals surface area contributed by atoms with Crippen LogP contribution >= 0.6 is 23.2 Å². The molecular weight excluding hydrogens is 379 g/mol. The first-order valence-electron chi connectivity index (χ1n) is 8.51. The topological polar surface area (TPSA) is 34.4 Å². The lowest BCUT2D eigenvalue weighted by Crippen LogP contribution is -2.16. The third kappa shape index (κ3) is 1.83. The van der Waals surface area contributed by atoms with E-state index in [1.165, 1.54) is 0 Å². The highest BCUT2D eigenvalue weighted by Gasteiger charge is 2.18. The van der Waals surface area contributed by atoms with Gasteiger partial charge in [-0.05, 0) is 41.8 Å². The van der Waals surface area contributed by atoms with E-state index in [2.05, 4.69) is 0 Å². The number of rotatable bonds is 0. The predicted octanol–water partition coefficient (Wildman–Crippen LogP) is 6.05. The number of benzene rings is 4. The van der Waals surface area contributed by atoms with Gasteiger partial charge in [0.2, 0.25) is 0 Å². The summed E-state index contributed by atoms with van der Waals surface area (Å²) in [6, 6.07) is 19.2. The van der Waals surface area contributed by atoms with E-state index in [0.29, 0.717) is 26.5 Å². The lowest BCUT2D eigenvalue weighted by atomic mass is 10.0. The van der Waals surface area contributed by atoms with Gasteiger partial charge >= 0.3 is 0 Å². The van der Waals surface area contributed by atoms with Crippen molar-refractivity contribution in [2.75, 3.05) is 0 Å². The van der Waals surface area contributed by atoms with E-state index in [1.54, 1.807) is 16.5 Å². The van der Waals surface area contributed by atoms with Gasteiger partial charge in [-0.3, -0.25) is 9.20 Å². The van der Waals surface area contributed by atoms with Gasteiger partial charge in [-0.15, -0.1) is 0 Å². The van der Waals surface area contributed by atoms with E-state index in [1.807, 2.05) is 48.5 Å². The van der Waals surface area contributed by atoms with E-state index in [4.69, 9.17) is 28.2 Å². The molecule has 128 valence electrons. The van der Waals surface area contributed by atoms with Crippen LogP contribution in [0, 0.1) is 0 Å². The van der Waals surface area contributed by atoms with Crippen LogP contribution in [0.2, 0.25) is 10.0 Å². The summed E-state index contributed by atoms with van der Waals surface area (Å²) in [4.78, 5) is 18.3. The number of hydrogen-bond donors (Lipinski definition) is 0. The monoisotopic (exact) mass is 388 g/mol. The highest BCUT2D eigenvalue weighted by atomic mass is 35.5. The van der Waals surface area contributed by atoms with Crippen molar-refractivity contribution in [3.8, 4) is 0 Å². The Morgan fingerprint density at radius 3 is 2.22 bits per heavy atom. The van der Waals surface area contributed by atoms with Gasteiger partial charge < -0.3 is 0 Å². The fraction of sp³-hybridized carbons (Fsp3) is 0. The van der Waals surface area contributed by atoms with Gasteiger partial charge in [0.15, 0.2) is 0 Å². The fourth-order valence-electron chi connectivity index (χ4n) is 4.14. The van der Waals surface area contributed by atoms with Gasteiger partial charge in [-0.25, -0.2) is 4.98 Å². The second-order valence-corrected chi connectivity index (χ2v) is 7.48. The van der Waals surface area contributed by atoms with Crippen LogP contribution in [0.25, 0.3) is 49.0 Å². The molecule has 0 amide bonds. The lowest BCUT2D eigenvalue weighted by molar-refractivity contribution is 1.15. The Morgan fingerprint density at radius 2 is 1.44 bits per heavy atom. The molecule has 5 heteroatoms. The van der Waals surface area contributed by atoms with Crippen LogP contribution in [0.1, 0.15) is 0 Å². The third-order valence-electron chi connectivity index (χ3n) is 5.27. The molecule has 0 saturated heterocycles. The molecule has 0 bridgehead atoms. The van der Waals surface area contributed by atoms with E-state index in [-0.39, 0.29) is 5.56 Å². The highest BCUT2D eigenvalue weighted by molar-refractivity contribution is 6.44. The standard InChI is InChI=1S/C22H10Cl2N2O/c23-14-9-7-12-19-13(8-10-15(24)20(14)19)22(27)26-17-6-2-4-11-3-1-5-16(18(11)17)25-21(12)26/h1-10H. The summed E-state index contributed by atoms with van der Waals surface area (Å²) >= 11 is 12.8. The molecule has 6 rings (SSSR count). The molecule has 0 aliphatic carbocycles. The molecule has 0 unspecified atom stereocenters. The van der Waals surface area contributed by atoms with Crippen molar-refractivity contribution >= 4 is 72.2 Å². The average molecular weight is 389 g/mol. The Labute approximate surface area is 162 Å². The Bertz CT molecular complexity index is 1610. The zero-order valence-electron chi connectivity index (χ0n) is 13.8. The number of nitrogens with zero attached hydrogens (tertiary/aromatic N) is 2. The molecular formula is C22H10Cl2N2O. The smallest absolute Gasteiger partial charge is 0.264 e. The largest absolute Gasteiger partial charge is 0.268 e. The van der Waals surface area contributed by atoms with Gasteiger partial charge in [0, 0.05) is 37.0 Å². The molecule has 0 spiro atoms. The Kier molecular flexibility index (Phi) is 2.87. The second kappa shape index (κ2) is 5.10. The fourth-order valence-corrected chi connectivity index (χ4v) is 4.71. The average Bonchev–Trinajstić information content (AvgIpc) is 2.68. The maximum atomic E-state index is 13.5. The van der Waals surface area contributed by atoms with Gasteiger partial charge in [0.05, 0.1) is 11.0 Å². The van der Waals surface area contributed by atoms with Crippen LogP contribution in [0.5, 0.6) is 0 Å². The predicted molar refractivity (Wildman–Crippen MR) is 113 cm³/mol. The molecule has 0 fully saturated rings. The minimum Gasteiger partial charge on any atom is -0.268 e. The van der Waals surface area contributed by atoms with Gasteiger partial charge in [0.1, 0.15) is 5.65 Å². The molecule has 0 aliphatic rings. The van der Waals surface area contributed by atoms with E-state index in [0.717, 1.165) is 32.6 Å². The molecule has 0 saturated carbocycles. The van der Waals surface area contributed by atoms with Gasteiger partial charge in [-0.2, -0.15) is 0 Å². The molecule has 0 N–H and O–H groups in total. The van der Waals surface area contributed by atoms with E-state index >= 15 is 0 Å². The minimum absolute atomic E-state index is 0.118. The Balaban J connectivity index is 2.06. The summed E-state index contributed by atoms with van der Waals surface area (Å²) in [5.74, 6) is 0. The summed E-state index contributed by atoms with van der Waals surface area (Å²) in [5, 5.41) is 6.01. The van der Waals surface area contributed by atoms with Crippen molar-refractivity contribution in [3.63, 3.8) is 0 Å². The zero-order valence-corrected chi connectivity index (χ0v) is 15.3. The van der Waals surface area contributed by atoms with Crippen molar-refractivity contribution in [1.82, 2.24) is 9.38 Å². The van der Waals surface area contributed by atoms with Gasteiger partial charge in [-0.1, -0.05) is 47.5 Å². The molecule has 0 atom stereocenters. The number of hydrogen-bond acceptors (Lipinski definition) is 2. The number of pyridine rings is 1. The van der Waals surface area contributed by atoms with Crippen LogP contribution in [0.3, 0.4) is 0 Å². The molecule has 4 aromatic carbocycles. The zero-order chi connectivity index (χ0) is 18.3. The van der Waals surface area contributed by atoms with Crippen molar-refractivity contribution in [3.05, 3.63) is 81.1 Å². The molecule has 0 radical (unpaired) electrons. The first-order valence-corrected chi connectivity index (χ1v) is 9.27. The van der Waals surface area contributed by atoms with Crippen molar-refractivity contribution in [2.45, 2.75) is 0 Å². The van der Waals surface area contributed by atoms with Gasteiger partial charge in [0.25, 0.3) is 5.56 Å². The number of fused-ring (bicyclic) bond motifs is 3. The first kappa shape index (κ1) is 15.2. The van der Waals surface area contributed by atoms with Crippen molar-refractivity contribution < 1.29 is 0 Å². The van der Waals surface area contributed by atoms with Crippen molar-refractivity contribution in [1.29, 1.82) is 0 Å². The Morgan fingerprint density at radius 1 is 0.741 bits per heavy atom. The molecule has 2 aromatic heterocycles. The summed E-state index contributed by atoms with van der Waals surface area (Å²) in [7, 11) is 0. The maximum Gasteiger partial charge on any atom is 0.264 e. The van der Waals surface area contributed by atoms with Crippen LogP contribution in [0.4, 0.5) is 0 Å². The number of aromatic nitrogens is 2. The molecule has 2 heterocycles. The normalized spacial score (nSPS) is 12.2. The third-order valence-corrected chi connectivity index (χ3v) is 5.90. The molecule has 0 aliphatic heterocycles. The van der Waals surface area contributed by atoms with Crippen LogP contribution in [-0.4, -0.2) is 9.38 Å². The van der Waals surface area contributed by atoms with Crippen LogP contribution in [0.15, 0.2) is 65.5 Å². The summed E-state index contributed by atoms with van der Waals surface area (Å²) in [6.07, 6.45) is 0. The molecule has 6 aromatic rings.